The van der Waals surface area contributed by atoms with Gasteiger partial charge in [-0.05, 0) is 50.8 Å². The maximum Gasteiger partial charge on any atom is 0.258 e. The molecule has 182 valence electrons. The second kappa shape index (κ2) is 10.6. The summed E-state index contributed by atoms with van der Waals surface area (Å²) in [6.45, 7) is 13.6. The van der Waals surface area contributed by atoms with Crippen molar-refractivity contribution in [2.75, 3.05) is 10.6 Å². The molecule has 1 amide bonds. The van der Waals surface area contributed by atoms with Crippen molar-refractivity contribution in [3.63, 3.8) is 0 Å². The van der Waals surface area contributed by atoms with Crippen LogP contribution in [0.25, 0.3) is 10.8 Å². The minimum absolute atomic E-state index is 0.121. The summed E-state index contributed by atoms with van der Waals surface area (Å²) >= 11 is 1.35. The predicted octanol–water partition coefficient (Wildman–Crippen LogP) is 7.93. The first kappa shape index (κ1) is 24.9. The molecule has 6 heteroatoms. The Hall–Kier alpha value is -3.25. The second-order valence-electron chi connectivity index (χ2n) is 9.90. The third kappa shape index (κ3) is 5.54. The van der Waals surface area contributed by atoms with Gasteiger partial charge in [-0.3, -0.25) is 10.1 Å². The molecule has 0 aliphatic rings. The zero-order chi connectivity index (χ0) is 25.1. The lowest BCUT2D eigenvalue weighted by Crippen LogP contribution is -2.19. The fraction of sp³-hybridized carbons (Fsp3) is 0.345. The van der Waals surface area contributed by atoms with E-state index in [1.54, 1.807) is 0 Å². The van der Waals surface area contributed by atoms with Crippen LogP contribution in [0.1, 0.15) is 91.9 Å². The standard InChI is InChI=1S/C29H34N4OS/c1-17(2)22-14-24(18(3)4)26(25(15-22)19(5)6)27(34)31-29-33-32-28(35-29)30-16-21-12-9-11-20-10-7-8-13-23(20)21/h7-15,17-19H,16H2,1-6H3,(H,30,32)(H,31,33,34). The molecule has 0 bridgehead atoms. The Morgan fingerprint density at radius 3 is 2.11 bits per heavy atom. The normalized spacial score (nSPS) is 11.6. The number of anilines is 2. The van der Waals surface area contributed by atoms with E-state index in [0.29, 0.717) is 22.7 Å². The number of benzene rings is 3. The van der Waals surface area contributed by atoms with Crippen molar-refractivity contribution in [3.8, 4) is 0 Å². The van der Waals surface area contributed by atoms with E-state index in [4.69, 9.17) is 0 Å². The van der Waals surface area contributed by atoms with E-state index in [0.717, 1.165) is 16.7 Å². The highest BCUT2D eigenvalue weighted by Gasteiger charge is 2.23. The fourth-order valence-electron chi connectivity index (χ4n) is 4.34. The maximum atomic E-state index is 13.5. The molecule has 0 saturated carbocycles. The van der Waals surface area contributed by atoms with Gasteiger partial charge >= 0.3 is 0 Å². The molecule has 2 N–H and O–H groups in total. The number of carbonyl (C=O) groups excluding carboxylic acids is 1. The molecule has 0 aliphatic carbocycles. The molecule has 4 aromatic rings. The third-order valence-corrected chi connectivity index (χ3v) is 7.11. The van der Waals surface area contributed by atoms with Crippen LogP contribution in [0.3, 0.4) is 0 Å². The van der Waals surface area contributed by atoms with Gasteiger partial charge in [0.05, 0.1) is 0 Å². The number of nitrogens with zero attached hydrogens (tertiary/aromatic N) is 2. The molecule has 0 atom stereocenters. The van der Waals surface area contributed by atoms with Crippen molar-refractivity contribution in [1.29, 1.82) is 0 Å². The van der Waals surface area contributed by atoms with Gasteiger partial charge in [-0.2, -0.15) is 0 Å². The second-order valence-corrected chi connectivity index (χ2v) is 10.9. The average molecular weight is 487 g/mol. The number of fused-ring (bicyclic) bond motifs is 1. The van der Waals surface area contributed by atoms with Crippen molar-refractivity contribution in [2.24, 2.45) is 0 Å². The molecule has 4 rings (SSSR count). The van der Waals surface area contributed by atoms with Crippen molar-refractivity contribution in [2.45, 2.75) is 65.8 Å². The van der Waals surface area contributed by atoms with E-state index in [1.165, 1.54) is 33.2 Å². The summed E-state index contributed by atoms with van der Waals surface area (Å²) in [6, 6.07) is 19.0. The molecule has 3 aromatic carbocycles. The highest BCUT2D eigenvalue weighted by molar-refractivity contribution is 7.19. The monoisotopic (exact) mass is 486 g/mol. The molecule has 0 radical (unpaired) electrons. The third-order valence-electron chi connectivity index (χ3n) is 6.31. The summed E-state index contributed by atoms with van der Waals surface area (Å²) < 4.78 is 0. The lowest BCUT2D eigenvalue weighted by molar-refractivity contribution is 0.102. The Balaban J connectivity index is 1.54. The summed E-state index contributed by atoms with van der Waals surface area (Å²) in [5, 5.41) is 18.4. The van der Waals surface area contributed by atoms with Crippen LogP contribution >= 0.6 is 11.3 Å². The van der Waals surface area contributed by atoms with Crippen LogP contribution in [0.2, 0.25) is 0 Å². The van der Waals surface area contributed by atoms with Gasteiger partial charge in [0.25, 0.3) is 5.91 Å². The highest BCUT2D eigenvalue weighted by Crippen LogP contribution is 2.33. The number of hydrogen-bond acceptors (Lipinski definition) is 5. The van der Waals surface area contributed by atoms with Crippen LogP contribution < -0.4 is 10.6 Å². The Morgan fingerprint density at radius 2 is 1.46 bits per heavy atom. The van der Waals surface area contributed by atoms with E-state index >= 15 is 0 Å². The van der Waals surface area contributed by atoms with E-state index in [2.05, 4.69) is 111 Å². The van der Waals surface area contributed by atoms with Crippen LogP contribution in [0.4, 0.5) is 10.3 Å². The van der Waals surface area contributed by atoms with Gasteiger partial charge in [-0.15, -0.1) is 10.2 Å². The molecule has 0 aliphatic heterocycles. The number of aromatic nitrogens is 2. The Morgan fingerprint density at radius 1 is 0.829 bits per heavy atom. The first-order valence-corrected chi connectivity index (χ1v) is 13.1. The van der Waals surface area contributed by atoms with Gasteiger partial charge in [-0.1, -0.05) is 107 Å². The lowest BCUT2D eigenvalue weighted by atomic mass is 9.84. The molecule has 0 fully saturated rings. The number of nitrogens with one attached hydrogen (secondary N) is 2. The lowest BCUT2D eigenvalue weighted by Gasteiger charge is -2.22. The van der Waals surface area contributed by atoms with Crippen molar-refractivity contribution < 1.29 is 4.79 Å². The summed E-state index contributed by atoms with van der Waals surface area (Å²) in [7, 11) is 0. The van der Waals surface area contributed by atoms with Crippen molar-refractivity contribution in [1.82, 2.24) is 10.2 Å². The SMILES string of the molecule is CC(C)c1cc(C(C)C)c(C(=O)Nc2nnc(NCc3cccc4ccccc34)s2)c(C(C)C)c1. The van der Waals surface area contributed by atoms with Crippen LogP contribution in [-0.4, -0.2) is 16.1 Å². The van der Waals surface area contributed by atoms with E-state index in [-0.39, 0.29) is 17.7 Å². The van der Waals surface area contributed by atoms with Gasteiger partial charge < -0.3 is 5.32 Å². The largest absolute Gasteiger partial charge is 0.356 e. The van der Waals surface area contributed by atoms with Gasteiger partial charge in [0.1, 0.15) is 0 Å². The van der Waals surface area contributed by atoms with Crippen molar-refractivity contribution >= 4 is 38.3 Å². The zero-order valence-electron chi connectivity index (χ0n) is 21.3. The summed E-state index contributed by atoms with van der Waals surface area (Å²) in [4.78, 5) is 13.5. The summed E-state index contributed by atoms with van der Waals surface area (Å²) in [6.07, 6.45) is 0. The molecule has 0 saturated heterocycles. The van der Waals surface area contributed by atoms with Crippen LogP contribution in [0.15, 0.2) is 54.6 Å². The molecule has 0 unspecified atom stereocenters. The average Bonchev–Trinajstić information content (AvgIpc) is 3.28. The molecule has 35 heavy (non-hydrogen) atoms. The number of amides is 1. The van der Waals surface area contributed by atoms with Gasteiger partial charge in [0.2, 0.25) is 10.3 Å². The predicted molar refractivity (Wildman–Crippen MR) is 148 cm³/mol. The Kier molecular flexibility index (Phi) is 7.51. The zero-order valence-corrected chi connectivity index (χ0v) is 22.2. The van der Waals surface area contributed by atoms with Crippen molar-refractivity contribution in [3.05, 3.63) is 82.4 Å². The molecular formula is C29H34N4OS. The molecule has 5 nitrogen and oxygen atoms in total. The van der Waals surface area contributed by atoms with Gasteiger partial charge in [0, 0.05) is 12.1 Å². The van der Waals surface area contributed by atoms with Gasteiger partial charge in [0.15, 0.2) is 0 Å². The fourth-order valence-corrected chi connectivity index (χ4v) is 4.97. The topological polar surface area (TPSA) is 66.9 Å². The quantitative estimate of drug-likeness (QED) is 0.265. The van der Waals surface area contributed by atoms with Crippen LogP contribution in [0.5, 0.6) is 0 Å². The number of rotatable bonds is 8. The molecule has 0 spiro atoms. The van der Waals surface area contributed by atoms with Crippen LogP contribution in [0, 0.1) is 0 Å². The number of hydrogen-bond donors (Lipinski definition) is 2. The summed E-state index contributed by atoms with van der Waals surface area (Å²) in [5.74, 6) is 0.753. The minimum atomic E-state index is -0.121. The maximum absolute atomic E-state index is 13.5. The Labute approximate surface area is 212 Å². The number of carbonyl (C=O) groups is 1. The first-order valence-electron chi connectivity index (χ1n) is 12.3. The smallest absolute Gasteiger partial charge is 0.258 e. The summed E-state index contributed by atoms with van der Waals surface area (Å²) in [5.41, 5.74) is 5.38. The van der Waals surface area contributed by atoms with Gasteiger partial charge in [-0.25, -0.2) is 0 Å². The van der Waals surface area contributed by atoms with E-state index in [9.17, 15) is 4.79 Å². The molecule has 1 heterocycles. The minimum Gasteiger partial charge on any atom is -0.356 e. The van der Waals surface area contributed by atoms with E-state index in [1.807, 2.05) is 6.07 Å². The molecular weight excluding hydrogens is 452 g/mol. The first-order chi connectivity index (χ1) is 16.7. The van der Waals surface area contributed by atoms with E-state index < -0.39 is 0 Å². The Bertz CT molecular complexity index is 1310. The molecule has 1 aromatic heterocycles. The highest BCUT2D eigenvalue weighted by atomic mass is 32.1. The van der Waals surface area contributed by atoms with Crippen LogP contribution in [-0.2, 0) is 6.54 Å².